The van der Waals surface area contributed by atoms with E-state index in [1.165, 1.54) is 0 Å². The topological polar surface area (TPSA) is 41.1 Å². The predicted molar refractivity (Wildman–Crippen MR) is 89.1 cm³/mol. The van der Waals surface area contributed by atoms with Crippen LogP contribution in [0, 0.1) is 13.8 Å². The van der Waals surface area contributed by atoms with Gasteiger partial charge in [-0.25, -0.2) is 0 Å². The highest BCUT2D eigenvalue weighted by atomic mass is 16.1. The zero-order valence-corrected chi connectivity index (χ0v) is 12.9. The highest BCUT2D eigenvalue weighted by Crippen LogP contribution is 2.18. The van der Waals surface area contributed by atoms with Crippen LogP contribution in [0.2, 0.25) is 0 Å². The van der Waals surface area contributed by atoms with Gasteiger partial charge in [-0.05, 0) is 61.7 Å². The van der Waals surface area contributed by atoms with Gasteiger partial charge in [0.2, 0.25) is 0 Å². The summed E-state index contributed by atoms with van der Waals surface area (Å²) in [6, 6.07) is 13.6. The molecule has 1 amide bonds. The number of hydrogen-bond donors (Lipinski definition) is 2. The molecule has 2 N–H and O–H groups in total. The Morgan fingerprint density at radius 1 is 1.05 bits per heavy atom. The molecule has 0 heterocycles. The van der Waals surface area contributed by atoms with Gasteiger partial charge in [-0.2, -0.15) is 0 Å². The van der Waals surface area contributed by atoms with Gasteiger partial charge in [0, 0.05) is 23.5 Å². The Labute approximate surface area is 126 Å². The van der Waals surface area contributed by atoms with E-state index in [0.29, 0.717) is 5.56 Å². The van der Waals surface area contributed by atoms with Crippen LogP contribution in [0.25, 0.3) is 0 Å². The molecular formula is C18H22N2O. The number of amides is 1. The molecule has 3 heteroatoms. The number of nitrogens with one attached hydrogen (secondary N) is 2. The molecule has 0 saturated heterocycles. The molecular weight excluding hydrogens is 260 g/mol. The highest BCUT2D eigenvalue weighted by Gasteiger charge is 2.07. The molecule has 3 nitrogen and oxygen atoms in total. The third-order valence-electron chi connectivity index (χ3n) is 3.37. The Hall–Kier alpha value is -2.29. The maximum absolute atomic E-state index is 12.3. The van der Waals surface area contributed by atoms with Gasteiger partial charge in [0.05, 0.1) is 0 Å². The van der Waals surface area contributed by atoms with Crippen LogP contribution in [0.1, 0.15) is 34.8 Å². The first-order chi connectivity index (χ1) is 10.1. The summed E-state index contributed by atoms with van der Waals surface area (Å²) in [6.07, 6.45) is 1.08. The number of benzene rings is 2. The molecule has 21 heavy (non-hydrogen) atoms. The smallest absolute Gasteiger partial charge is 0.255 e. The van der Waals surface area contributed by atoms with Gasteiger partial charge in [-0.3, -0.25) is 4.79 Å². The summed E-state index contributed by atoms with van der Waals surface area (Å²) in [7, 11) is 0. The van der Waals surface area contributed by atoms with E-state index >= 15 is 0 Å². The van der Waals surface area contributed by atoms with Crippen LogP contribution in [-0.4, -0.2) is 12.5 Å². The summed E-state index contributed by atoms with van der Waals surface area (Å²) < 4.78 is 0. The van der Waals surface area contributed by atoms with E-state index in [9.17, 15) is 4.79 Å². The summed E-state index contributed by atoms with van der Waals surface area (Å²) >= 11 is 0. The molecule has 0 saturated carbocycles. The standard InChI is InChI=1S/C18H22N2O/c1-4-11-19-16-9-7-15(8-10-16)18(21)20-17-12-13(2)5-6-14(17)3/h5-10,12,19H,4,11H2,1-3H3,(H,20,21). The van der Waals surface area contributed by atoms with Gasteiger partial charge in [0.15, 0.2) is 0 Å². The maximum atomic E-state index is 12.3. The van der Waals surface area contributed by atoms with E-state index in [-0.39, 0.29) is 5.91 Å². The van der Waals surface area contributed by atoms with Gasteiger partial charge < -0.3 is 10.6 Å². The molecule has 0 bridgehead atoms. The quantitative estimate of drug-likeness (QED) is 0.854. The van der Waals surface area contributed by atoms with Crippen LogP contribution in [0.5, 0.6) is 0 Å². The van der Waals surface area contributed by atoms with Crippen LogP contribution in [0.15, 0.2) is 42.5 Å². The molecule has 0 aromatic heterocycles. The minimum Gasteiger partial charge on any atom is -0.385 e. The van der Waals surface area contributed by atoms with Crippen LogP contribution >= 0.6 is 0 Å². The van der Waals surface area contributed by atoms with Gasteiger partial charge in [0.25, 0.3) is 5.91 Å². The molecule has 2 aromatic rings. The van der Waals surface area contributed by atoms with Crippen molar-refractivity contribution in [3.63, 3.8) is 0 Å². The normalized spacial score (nSPS) is 10.2. The number of aryl methyl sites for hydroxylation is 2. The van der Waals surface area contributed by atoms with Crippen molar-refractivity contribution in [2.45, 2.75) is 27.2 Å². The molecule has 0 aliphatic heterocycles. The summed E-state index contributed by atoms with van der Waals surface area (Å²) in [5.74, 6) is -0.0780. The fraction of sp³-hybridized carbons (Fsp3) is 0.278. The first kappa shape index (κ1) is 15.1. The fourth-order valence-electron chi connectivity index (χ4n) is 2.07. The van der Waals surface area contributed by atoms with Gasteiger partial charge in [-0.15, -0.1) is 0 Å². The number of anilines is 2. The molecule has 0 atom stereocenters. The Kier molecular flexibility index (Phi) is 4.99. The zero-order chi connectivity index (χ0) is 15.2. The van der Waals surface area contributed by atoms with Crippen molar-refractivity contribution in [1.29, 1.82) is 0 Å². The second kappa shape index (κ2) is 6.93. The van der Waals surface area contributed by atoms with Crippen molar-refractivity contribution in [2.75, 3.05) is 17.2 Å². The molecule has 0 aliphatic carbocycles. The van der Waals surface area contributed by atoms with Crippen LogP contribution in [0.4, 0.5) is 11.4 Å². The molecule has 0 radical (unpaired) electrons. The van der Waals surface area contributed by atoms with Crippen molar-refractivity contribution in [3.05, 3.63) is 59.2 Å². The lowest BCUT2D eigenvalue weighted by molar-refractivity contribution is 0.102. The largest absolute Gasteiger partial charge is 0.385 e. The van der Waals surface area contributed by atoms with Crippen LogP contribution < -0.4 is 10.6 Å². The molecule has 0 fully saturated rings. The van der Waals surface area contributed by atoms with Crippen LogP contribution in [-0.2, 0) is 0 Å². The summed E-state index contributed by atoms with van der Waals surface area (Å²) in [6.45, 7) is 7.07. The summed E-state index contributed by atoms with van der Waals surface area (Å²) in [5, 5.41) is 6.27. The minimum atomic E-state index is -0.0780. The third-order valence-corrected chi connectivity index (χ3v) is 3.37. The van der Waals surface area contributed by atoms with E-state index in [1.807, 2.05) is 56.3 Å². The second-order valence-corrected chi connectivity index (χ2v) is 5.28. The monoisotopic (exact) mass is 282 g/mol. The van der Waals surface area contributed by atoms with E-state index in [2.05, 4.69) is 17.6 Å². The average molecular weight is 282 g/mol. The fourth-order valence-corrected chi connectivity index (χ4v) is 2.07. The van der Waals surface area contributed by atoms with Gasteiger partial charge >= 0.3 is 0 Å². The predicted octanol–water partition coefficient (Wildman–Crippen LogP) is 4.38. The number of carbonyl (C=O) groups is 1. The van der Waals surface area contributed by atoms with E-state index in [0.717, 1.165) is 35.5 Å². The van der Waals surface area contributed by atoms with Gasteiger partial charge in [-0.1, -0.05) is 19.1 Å². The number of rotatable bonds is 5. The number of carbonyl (C=O) groups excluding carboxylic acids is 1. The molecule has 0 aliphatic rings. The van der Waals surface area contributed by atoms with Crippen molar-refractivity contribution in [1.82, 2.24) is 0 Å². The maximum Gasteiger partial charge on any atom is 0.255 e. The van der Waals surface area contributed by atoms with E-state index < -0.39 is 0 Å². The van der Waals surface area contributed by atoms with Crippen molar-refractivity contribution >= 4 is 17.3 Å². The lowest BCUT2D eigenvalue weighted by Crippen LogP contribution is -2.13. The molecule has 0 spiro atoms. The van der Waals surface area contributed by atoms with E-state index in [4.69, 9.17) is 0 Å². The molecule has 0 unspecified atom stereocenters. The third kappa shape index (κ3) is 4.09. The van der Waals surface area contributed by atoms with Crippen molar-refractivity contribution in [2.24, 2.45) is 0 Å². The average Bonchev–Trinajstić information content (AvgIpc) is 2.49. The highest BCUT2D eigenvalue weighted by molar-refractivity contribution is 6.04. The zero-order valence-electron chi connectivity index (χ0n) is 12.9. The minimum absolute atomic E-state index is 0.0780. The van der Waals surface area contributed by atoms with E-state index in [1.54, 1.807) is 0 Å². The summed E-state index contributed by atoms with van der Waals surface area (Å²) in [5.41, 5.74) is 4.77. The SMILES string of the molecule is CCCNc1ccc(C(=O)Nc2cc(C)ccc2C)cc1. The Morgan fingerprint density at radius 2 is 1.76 bits per heavy atom. The molecule has 2 aromatic carbocycles. The first-order valence-corrected chi connectivity index (χ1v) is 7.32. The van der Waals surface area contributed by atoms with Crippen molar-refractivity contribution in [3.8, 4) is 0 Å². The van der Waals surface area contributed by atoms with Crippen LogP contribution in [0.3, 0.4) is 0 Å². The second-order valence-electron chi connectivity index (χ2n) is 5.28. The Morgan fingerprint density at radius 3 is 2.43 bits per heavy atom. The Balaban J connectivity index is 2.07. The summed E-state index contributed by atoms with van der Waals surface area (Å²) in [4.78, 5) is 12.3. The lowest BCUT2D eigenvalue weighted by atomic mass is 10.1. The first-order valence-electron chi connectivity index (χ1n) is 7.32. The lowest BCUT2D eigenvalue weighted by Gasteiger charge is -2.10. The van der Waals surface area contributed by atoms with Crippen molar-refractivity contribution < 1.29 is 4.79 Å². The molecule has 110 valence electrons. The molecule has 2 rings (SSSR count). The Bertz CT molecular complexity index is 618. The van der Waals surface area contributed by atoms with Gasteiger partial charge in [0.1, 0.15) is 0 Å². The number of hydrogen-bond acceptors (Lipinski definition) is 2.